The smallest absolute Gasteiger partial charge is 0.330 e. The van der Waals surface area contributed by atoms with Gasteiger partial charge in [-0.05, 0) is 5.53 Å². The maximum atomic E-state index is 10.2. The molecule has 5 nitrogen and oxygen atoms in total. The average Bonchev–Trinajstić information content (AvgIpc) is 1.89. The van der Waals surface area contributed by atoms with E-state index in [1.807, 2.05) is 0 Å². The molecule has 0 aromatic heterocycles. The summed E-state index contributed by atoms with van der Waals surface area (Å²) in [4.78, 5) is 12.6. The Bertz CT molecular complexity index is 169. The summed E-state index contributed by atoms with van der Waals surface area (Å²) < 4.78 is 4.19. The van der Waals surface area contributed by atoms with E-state index in [2.05, 4.69) is 14.8 Å². The normalized spacial score (nSPS) is 8.56. The first-order valence-corrected chi connectivity index (χ1v) is 2.10. The molecule has 0 aliphatic carbocycles. The van der Waals surface area contributed by atoms with Crippen LogP contribution in [0.15, 0.2) is 17.4 Å². The Morgan fingerprint density at radius 2 is 2.56 bits per heavy atom. The van der Waals surface area contributed by atoms with Crippen molar-refractivity contribution in [2.45, 2.75) is 0 Å². The summed E-state index contributed by atoms with van der Waals surface area (Å²) in [5.74, 6) is -0.539. The summed E-state index contributed by atoms with van der Waals surface area (Å²) >= 11 is 0. The maximum absolute atomic E-state index is 10.2. The third-order valence-corrected chi connectivity index (χ3v) is 0.530. The van der Waals surface area contributed by atoms with Crippen molar-refractivity contribution in [1.82, 2.24) is 0 Å². The second-order valence-electron chi connectivity index (χ2n) is 1.04. The molecule has 5 heteroatoms. The van der Waals surface area contributed by atoms with E-state index in [1.54, 1.807) is 0 Å². The first-order chi connectivity index (χ1) is 4.31. The molecule has 0 unspecified atom stereocenters. The predicted octanol–water partition coefficient (Wildman–Crippen LogP) is 0.983. The van der Waals surface area contributed by atoms with Crippen LogP contribution in [0.25, 0.3) is 10.4 Å². The van der Waals surface area contributed by atoms with E-state index in [0.29, 0.717) is 0 Å². The van der Waals surface area contributed by atoms with Crippen LogP contribution in [0.3, 0.4) is 0 Å². The van der Waals surface area contributed by atoms with Crippen LogP contribution in [0.1, 0.15) is 0 Å². The zero-order chi connectivity index (χ0) is 7.11. The monoisotopic (exact) mass is 127 g/mol. The summed E-state index contributed by atoms with van der Waals surface area (Å²) in [5.41, 5.74) is 7.71. The van der Waals surface area contributed by atoms with Gasteiger partial charge in [0.05, 0.1) is 7.11 Å². The van der Waals surface area contributed by atoms with Crippen molar-refractivity contribution in [3.8, 4) is 0 Å². The molecule has 0 aliphatic heterocycles. The molecule has 0 heterocycles. The van der Waals surface area contributed by atoms with E-state index in [4.69, 9.17) is 5.53 Å². The third kappa shape index (κ3) is 4.37. The third-order valence-electron chi connectivity index (χ3n) is 0.530. The standard InChI is InChI=1S/C4H5N3O2/c1-9-4(8)2-3-6-7-5/h2-3H,1H3/b3-2-. The van der Waals surface area contributed by atoms with Gasteiger partial charge in [0.2, 0.25) is 0 Å². The molecule has 0 radical (unpaired) electrons. The van der Waals surface area contributed by atoms with Crippen LogP contribution < -0.4 is 0 Å². The highest BCUT2D eigenvalue weighted by molar-refractivity contribution is 5.81. The van der Waals surface area contributed by atoms with Crippen molar-refractivity contribution >= 4 is 5.97 Å². The number of ether oxygens (including phenoxy) is 1. The lowest BCUT2D eigenvalue weighted by atomic mass is 10.6. The second kappa shape index (κ2) is 4.67. The van der Waals surface area contributed by atoms with Crippen molar-refractivity contribution in [3.05, 3.63) is 22.7 Å². The molecule has 0 rings (SSSR count). The van der Waals surface area contributed by atoms with E-state index in [0.717, 1.165) is 12.3 Å². The molecular weight excluding hydrogens is 122 g/mol. The predicted molar refractivity (Wildman–Crippen MR) is 30.3 cm³/mol. The Morgan fingerprint density at radius 1 is 1.89 bits per heavy atom. The van der Waals surface area contributed by atoms with Gasteiger partial charge < -0.3 is 4.74 Å². The van der Waals surface area contributed by atoms with Gasteiger partial charge in [0.1, 0.15) is 0 Å². The summed E-state index contributed by atoms with van der Waals surface area (Å²) in [7, 11) is 1.24. The number of esters is 1. The first kappa shape index (κ1) is 7.52. The Kier molecular flexibility index (Phi) is 3.90. The maximum Gasteiger partial charge on any atom is 0.330 e. The van der Waals surface area contributed by atoms with Gasteiger partial charge in [0, 0.05) is 17.2 Å². The molecule has 0 aromatic rings. The van der Waals surface area contributed by atoms with Crippen LogP contribution in [-0.4, -0.2) is 13.1 Å². The fourth-order valence-corrected chi connectivity index (χ4v) is 0.192. The minimum absolute atomic E-state index is 0.539. The lowest BCUT2D eigenvalue weighted by Gasteiger charge is -1.84. The fraction of sp³-hybridized carbons (Fsp3) is 0.250. The molecule has 0 aliphatic rings. The highest BCUT2D eigenvalue weighted by Gasteiger charge is 1.85. The Balaban J connectivity index is 3.70. The number of rotatable bonds is 2. The molecule has 0 bridgehead atoms. The number of methoxy groups -OCH3 is 1. The molecule has 0 amide bonds. The topological polar surface area (TPSA) is 75.1 Å². The molecule has 0 saturated heterocycles. The van der Waals surface area contributed by atoms with Crippen molar-refractivity contribution in [2.24, 2.45) is 5.11 Å². The van der Waals surface area contributed by atoms with Gasteiger partial charge in [-0.1, -0.05) is 5.11 Å². The largest absolute Gasteiger partial charge is 0.466 e. The molecule has 0 N–H and O–H groups in total. The van der Waals surface area contributed by atoms with E-state index >= 15 is 0 Å². The Labute approximate surface area is 51.6 Å². The Hall–Kier alpha value is -1.48. The molecule has 48 valence electrons. The Morgan fingerprint density at radius 3 is 3.00 bits per heavy atom. The van der Waals surface area contributed by atoms with E-state index in [-0.39, 0.29) is 0 Å². The zero-order valence-electron chi connectivity index (χ0n) is 4.81. The van der Waals surface area contributed by atoms with Gasteiger partial charge in [0.25, 0.3) is 0 Å². The number of carbonyl (C=O) groups is 1. The molecule has 0 aromatic carbocycles. The lowest BCUT2D eigenvalue weighted by molar-refractivity contribution is -0.134. The zero-order valence-corrected chi connectivity index (χ0v) is 4.81. The van der Waals surface area contributed by atoms with Crippen LogP contribution in [0.5, 0.6) is 0 Å². The lowest BCUT2D eigenvalue weighted by Crippen LogP contribution is -1.92. The summed E-state index contributed by atoms with van der Waals surface area (Å²) in [6.07, 6.45) is 2.05. The quantitative estimate of drug-likeness (QED) is 0.182. The summed E-state index contributed by atoms with van der Waals surface area (Å²) in [6.45, 7) is 0. The molecule has 0 saturated carbocycles. The highest BCUT2D eigenvalue weighted by Crippen LogP contribution is 1.78. The van der Waals surface area contributed by atoms with E-state index < -0.39 is 5.97 Å². The van der Waals surface area contributed by atoms with Crippen molar-refractivity contribution < 1.29 is 9.53 Å². The summed E-state index contributed by atoms with van der Waals surface area (Å²) in [5, 5.41) is 2.96. The first-order valence-electron chi connectivity index (χ1n) is 2.10. The van der Waals surface area contributed by atoms with Crippen LogP contribution in [0.4, 0.5) is 0 Å². The van der Waals surface area contributed by atoms with E-state index in [9.17, 15) is 4.79 Å². The van der Waals surface area contributed by atoms with Gasteiger partial charge in [-0.3, -0.25) is 0 Å². The van der Waals surface area contributed by atoms with Crippen LogP contribution in [0, 0.1) is 0 Å². The van der Waals surface area contributed by atoms with Crippen molar-refractivity contribution in [1.29, 1.82) is 0 Å². The molecule has 0 spiro atoms. The summed E-state index contributed by atoms with van der Waals surface area (Å²) in [6, 6.07) is 0. The van der Waals surface area contributed by atoms with Crippen molar-refractivity contribution in [2.75, 3.05) is 7.11 Å². The molecule has 9 heavy (non-hydrogen) atoms. The van der Waals surface area contributed by atoms with Gasteiger partial charge in [-0.2, -0.15) is 0 Å². The fourth-order valence-electron chi connectivity index (χ4n) is 0.192. The van der Waals surface area contributed by atoms with Crippen LogP contribution >= 0.6 is 0 Å². The van der Waals surface area contributed by atoms with Gasteiger partial charge in [-0.15, -0.1) is 0 Å². The average molecular weight is 127 g/mol. The number of carbonyl (C=O) groups excluding carboxylic acids is 1. The van der Waals surface area contributed by atoms with Gasteiger partial charge in [0.15, 0.2) is 0 Å². The van der Waals surface area contributed by atoms with Crippen LogP contribution in [-0.2, 0) is 9.53 Å². The van der Waals surface area contributed by atoms with E-state index in [1.165, 1.54) is 7.11 Å². The molecule has 0 atom stereocenters. The van der Waals surface area contributed by atoms with Gasteiger partial charge >= 0.3 is 5.97 Å². The minimum Gasteiger partial charge on any atom is -0.466 e. The number of nitrogens with zero attached hydrogens (tertiary/aromatic N) is 3. The number of hydrogen-bond donors (Lipinski definition) is 0. The van der Waals surface area contributed by atoms with Crippen LogP contribution in [0.2, 0.25) is 0 Å². The second-order valence-corrected chi connectivity index (χ2v) is 1.04. The number of azide groups is 1. The van der Waals surface area contributed by atoms with Crippen molar-refractivity contribution in [3.63, 3.8) is 0 Å². The molecular formula is C4H5N3O2. The SMILES string of the molecule is COC(=O)/C=C\N=[N+]=[N-]. The van der Waals surface area contributed by atoms with Gasteiger partial charge in [-0.25, -0.2) is 4.79 Å². The minimum atomic E-state index is -0.539. The molecule has 0 fully saturated rings. The highest BCUT2D eigenvalue weighted by atomic mass is 16.5. The number of hydrogen-bond acceptors (Lipinski definition) is 3.